The number of sulfone groups is 1. The summed E-state index contributed by atoms with van der Waals surface area (Å²) in [6.45, 7) is 0.0247. The molecule has 2 aromatic rings. The van der Waals surface area contributed by atoms with Crippen LogP contribution in [0.1, 0.15) is 10.4 Å². The van der Waals surface area contributed by atoms with E-state index in [0.717, 1.165) is 6.26 Å². The van der Waals surface area contributed by atoms with Crippen molar-refractivity contribution in [3.05, 3.63) is 58.9 Å². The number of benzene rings is 2. The van der Waals surface area contributed by atoms with Gasteiger partial charge in [0, 0.05) is 6.26 Å². The molecule has 8 heteroatoms. The molecule has 0 aliphatic carbocycles. The van der Waals surface area contributed by atoms with E-state index >= 15 is 0 Å². The second-order valence-electron chi connectivity index (χ2n) is 4.86. The van der Waals surface area contributed by atoms with Gasteiger partial charge in [-0.25, -0.2) is 17.6 Å². The van der Waals surface area contributed by atoms with Crippen molar-refractivity contribution in [1.29, 1.82) is 0 Å². The molecule has 128 valence electrons. The summed E-state index contributed by atoms with van der Waals surface area (Å²) in [6, 6.07) is 9.28. The molecule has 0 N–H and O–H groups in total. The quantitative estimate of drug-likeness (QED) is 0.575. The molecule has 24 heavy (non-hydrogen) atoms. The van der Waals surface area contributed by atoms with Gasteiger partial charge in [0.05, 0.1) is 15.5 Å². The Labute approximate surface area is 143 Å². The molecule has 2 rings (SSSR count). The lowest BCUT2D eigenvalue weighted by atomic mass is 10.2. The topological polar surface area (TPSA) is 69.7 Å². The van der Waals surface area contributed by atoms with E-state index in [1.165, 1.54) is 42.5 Å². The standard InChI is InChI=1S/C16H14ClFO5S/c1-24(20,21)15-10-11(2-7-14(15)17)16(19)23-9-8-22-13-5-3-12(18)4-6-13/h2-7,10H,8-9H2,1H3. The van der Waals surface area contributed by atoms with E-state index < -0.39 is 15.8 Å². The van der Waals surface area contributed by atoms with Gasteiger partial charge >= 0.3 is 5.97 Å². The maximum atomic E-state index is 12.7. The van der Waals surface area contributed by atoms with Crippen LogP contribution in [0.15, 0.2) is 47.4 Å². The summed E-state index contributed by atoms with van der Waals surface area (Å²) in [5.74, 6) is -0.629. The molecule has 0 aliphatic heterocycles. The minimum atomic E-state index is -3.55. The summed E-state index contributed by atoms with van der Waals surface area (Å²) in [4.78, 5) is 11.8. The number of halogens is 2. The number of hydrogen-bond donors (Lipinski definition) is 0. The fourth-order valence-corrected chi connectivity index (χ4v) is 3.12. The van der Waals surface area contributed by atoms with Crippen LogP contribution in [0.2, 0.25) is 5.02 Å². The zero-order valence-corrected chi connectivity index (χ0v) is 14.2. The van der Waals surface area contributed by atoms with Crippen LogP contribution in [0.3, 0.4) is 0 Å². The highest BCUT2D eigenvalue weighted by molar-refractivity contribution is 7.90. The zero-order chi connectivity index (χ0) is 17.7. The molecule has 0 aromatic heterocycles. The second-order valence-corrected chi connectivity index (χ2v) is 7.25. The molecule has 0 atom stereocenters. The lowest BCUT2D eigenvalue weighted by Gasteiger charge is -2.08. The highest BCUT2D eigenvalue weighted by atomic mass is 35.5. The van der Waals surface area contributed by atoms with E-state index in [1.54, 1.807) is 0 Å². The molecule has 5 nitrogen and oxygen atoms in total. The first kappa shape index (κ1) is 18.2. The molecule has 0 bridgehead atoms. The van der Waals surface area contributed by atoms with Crippen molar-refractivity contribution in [3.8, 4) is 5.75 Å². The first-order valence-electron chi connectivity index (χ1n) is 6.82. The van der Waals surface area contributed by atoms with E-state index in [9.17, 15) is 17.6 Å². The van der Waals surface area contributed by atoms with Crippen molar-refractivity contribution < 1.29 is 27.1 Å². The van der Waals surface area contributed by atoms with Gasteiger partial charge in [0.25, 0.3) is 0 Å². The van der Waals surface area contributed by atoms with E-state index in [2.05, 4.69) is 0 Å². The molecular weight excluding hydrogens is 359 g/mol. The molecule has 0 heterocycles. The van der Waals surface area contributed by atoms with Crippen LogP contribution < -0.4 is 4.74 Å². The Morgan fingerprint density at radius 3 is 2.42 bits per heavy atom. The Bertz CT molecular complexity index is 834. The van der Waals surface area contributed by atoms with E-state index in [4.69, 9.17) is 21.1 Å². The molecule has 0 saturated heterocycles. The monoisotopic (exact) mass is 372 g/mol. The highest BCUT2D eigenvalue weighted by Gasteiger charge is 2.16. The lowest BCUT2D eigenvalue weighted by Crippen LogP contribution is -2.13. The molecule has 0 spiro atoms. The van der Waals surface area contributed by atoms with Crippen LogP contribution in [0, 0.1) is 5.82 Å². The molecular formula is C16H14ClFO5S. The largest absolute Gasteiger partial charge is 0.490 e. The summed E-state index contributed by atoms with van der Waals surface area (Å²) in [5.41, 5.74) is 0.0709. The maximum absolute atomic E-state index is 12.7. The van der Waals surface area contributed by atoms with Gasteiger partial charge in [-0.05, 0) is 42.5 Å². The molecule has 0 unspecified atom stereocenters. The van der Waals surface area contributed by atoms with E-state index in [1.807, 2.05) is 0 Å². The fourth-order valence-electron chi connectivity index (χ4n) is 1.82. The molecule has 0 saturated carbocycles. The first-order chi connectivity index (χ1) is 11.3. The van der Waals surface area contributed by atoms with Crippen molar-refractivity contribution in [2.24, 2.45) is 0 Å². The molecule has 0 amide bonds. The summed E-state index contributed by atoms with van der Waals surface area (Å²) >= 11 is 5.81. The van der Waals surface area contributed by atoms with Crippen LogP contribution in [0.25, 0.3) is 0 Å². The smallest absolute Gasteiger partial charge is 0.338 e. The fraction of sp³-hybridized carbons (Fsp3) is 0.188. The van der Waals surface area contributed by atoms with Gasteiger partial charge in [-0.2, -0.15) is 0 Å². The third-order valence-electron chi connectivity index (χ3n) is 2.97. The van der Waals surface area contributed by atoms with Crippen LogP contribution >= 0.6 is 11.6 Å². The van der Waals surface area contributed by atoms with Crippen molar-refractivity contribution in [1.82, 2.24) is 0 Å². The van der Waals surface area contributed by atoms with E-state index in [-0.39, 0.29) is 34.5 Å². The average Bonchev–Trinajstić information content (AvgIpc) is 2.52. The van der Waals surface area contributed by atoms with Gasteiger partial charge in [-0.15, -0.1) is 0 Å². The zero-order valence-electron chi connectivity index (χ0n) is 12.7. The van der Waals surface area contributed by atoms with Crippen molar-refractivity contribution in [3.63, 3.8) is 0 Å². The number of ether oxygens (including phenoxy) is 2. The van der Waals surface area contributed by atoms with Crippen LogP contribution in [-0.2, 0) is 14.6 Å². The third-order valence-corrected chi connectivity index (χ3v) is 4.54. The molecule has 0 aliphatic rings. The van der Waals surface area contributed by atoms with Gasteiger partial charge < -0.3 is 9.47 Å². The van der Waals surface area contributed by atoms with Gasteiger partial charge in [-0.3, -0.25) is 0 Å². The molecule has 0 fully saturated rings. The Balaban J connectivity index is 1.92. The van der Waals surface area contributed by atoms with Gasteiger partial charge in [0.2, 0.25) is 0 Å². The molecule has 2 aromatic carbocycles. The van der Waals surface area contributed by atoms with Crippen LogP contribution in [0.4, 0.5) is 4.39 Å². The number of esters is 1. The Morgan fingerprint density at radius 2 is 1.79 bits per heavy atom. The second kappa shape index (κ2) is 7.63. The summed E-state index contributed by atoms with van der Waals surface area (Å²) in [5, 5.41) is 0.0358. The predicted octanol–water partition coefficient (Wildman–Crippen LogP) is 3.12. The number of rotatable bonds is 6. The number of hydrogen-bond acceptors (Lipinski definition) is 5. The normalized spacial score (nSPS) is 11.1. The SMILES string of the molecule is CS(=O)(=O)c1cc(C(=O)OCCOc2ccc(F)cc2)ccc1Cl. The Hall–Kier alpha value is -2.12. The van der Waals surface area contributed by atoms with Crippen molar-refractivity contribution >= 4 is 27.4 Å². The Morgan fingerprint density at radius 1 is 1.12 bits per heavy atom. The maximum Gasteiger partial charge on any atom is 0.338 e. The van der Waals surface area contributed by atoms with Gasteiger partial charge in [0.1, 0.15) is 24.8 Å². The minimum absolute atomic E-state index is 0.0358. The highest BCUT2D eigenvalue weighted by Crippen LogP contribution is 2.23. The predicted molar refractivity (Wildman–Crippen MR) is 86.7 cm³/mol. The lowest BCUT2D eigenvalue weighted by molar-refractivity contribution is 0.0450. The van der Waals surface area contributed by atoms with E-state index in [0.29, 0.717) is 5.75 Å². The average molecular weight is 373 g/mol. The van der Waals surface area contributed by atoms with Crippen molar-refractivity contribution in [2.45, 2.75) is 4.90 Å². The number of carbonyl (C=O) groups excluding carboxylic acids is 1. The van der Waals surface area contributed by atoms with Gasteiger partial charge in [-0.1, -0.05) is 11.6 Å². The minimum Gasteiger partial charge on any atom is -0.490 e. The first-order valence-corrected chi connectivity index (χ1v) is 9.09. The third kappa shape index (κ3) is 4.94. The van der Waals surface area contributed by atoms with Crippen LogP contribution in [0.5, 0.6) is 5.75 Å². The van der Waals surface area contributed by atoms with Gasteiger partial charge in [0.15, 0.2) is 9.84 Å². The van der Waals surface area contributed by atoms with Crippen molar-refractivity contribution in [2.75, 3.05) is 19.5 Å². The summed E-state index contributed by atoms with van der Waals surface area (Å²) in [6.07, 6.45) is 1.000. The molecule has 0 radical (unpaired) electrons. The summed E-state index contributed by atoms with van der Waals surface area (Å²) in [7, 11) is -3.55. The summed E-state index contributed by atoms with van der Waals surface area (Å²) < 4.78 is 46.2. The Kier molecular flexibility index (Phi) is 5.80. The number of carbonyl (C=O) groups is 1. The van der Waals surface area contributed by atoms with Crippen LogP contribution in [-0.4, -0.2) is 33.9 Å².